The summed E-state index contributed by atoms with van der Waals surface area (Å²) in [6.45, 7) is 6.71. The van der Waals surface area contributed by atoms with Gasteiger partial charge in [-0.15, -0.1) is 0 Å². The first-order valence-electron chi connectivity index (χ1n) is 6.08. The molecule has 0 spiro atoms. The number of rotatable bonds is 5. The van der Waals surface area contributed by atoms with Crippen LogP contribution in [-0.2, 0) is 11.3 Å². The Morgan fingerprint density at radius 3 is 2.71 bits per heavy atom. The van der Waals surface area contributed by atoms with Crippen LogP contribution in [0.15, 0.2) is 24.3 Å². The van der Waals surface area contributed by atoms with Crippen LogP contribution in [0.4, 0.5) is 0 Å². The molecule has 94 valence electrons. The van der Waals surface area contributed by atoms with Gasteiger partial charge in [0, 0.05) is 6.54 Å². The zero-order valence-electron chi connectivity index (χ0n) is 10.9. The Labute approximate surface area is 103 Å². The van der Waals surface area contributed by atoms with Gasteiger partial charge >= 0.3 is 0 Å². The third kappa shape index (κ3) is 5.00. The molecule has 0 aliphatic carbocycles. The maximum atomic E-state index is 11.7. The Morgan fingerprint density at radius 2 is 2.12 bits per heavy atom. The molecule has 0 saturated heterocycles. The summed E-state index contributed by atoms with van der Waals surface area (Å²) in [6.07, 6.45) is 0.722. The third-order valence-electron chi connectivity index (χ3n) is 2.61. The molecule has 0 heterocycles. The van der Waals surface area contributed by atoms with E-state index in [0.29, 0.717) is 12.5 Å². The number of carbonyl (C=O) groups excluding carboxylic acids is 1. The topological polar surface area (TPSA) is 55.1 Å². The molecule has 17 heavy (non-hydrogen) atoms. The molecule has 0 bridgehead atoms. The van der Waals surface area contributed by atoms with Crippen LogP contribution in [0.2, 0.25) is 0 Å². The number of nitrogens with two attached hydrogens (primary N) is 1. The fraction of sp³-hybridized carbons (Fsp3) is 0.500. The Balaban J connectivity index is 2.43. The maximum absolute atomic E-state index is 11.7. The van der Waals surface area contributed by atoms with E-state index in [0.717, 1.165) is 12.0 Å². The van der Waals surface area contributed by atoms with E-state index in [1.54, 1.807) is 0 Å². The summed E-state index contributed by atoms with van der Waals surface area (Å²) in [6, 6.07) is 7.69. The number of benzene rings is 1. The van der Waals surface area contributed by atoms with Gasteiger partial charge in [-0.1, -0.05) is 43.7 Å². The van der Waals surface area contributed by atoms with Crippen molar-refractivity contribution in [3.8, 4) is 0 Å². The van der Waals surface area contributed by atoms with E-state index < -0.39 is 6.04 Å². The fourth-order valence-electron chi connectivity index (χ4n) is 1.76. The zero-order valence-corrected chi connectivity index (χ0v) is 10.9. The molecule has 0 aliphatic rings. The van der Waals surface area contributed by atoms with Gasteiger partial charge in [-0.3, -0.25) is 4.79 Å². The molecule has 1 amide bonds. The van der Waals surface area contributed by atoms with Crippen LogP contribution in [0, 0.1) is 12.8 Å². The van der Waals surface area contributed by atoms with Crippen molar-refractivity contribution in [1.82, 2.24) is 5.32 Å². The number of aryl methyl sites for hydroxylation is 1. The number of amides is 1. The average molecular weight is 234 g/mol. The molecule has 0 unspecified atom stereocenters. The van der Waals surface area contributed by atoms with Crippen molar-refractivity contribution in [3.63, 3.8) is 0 Å². The minimum atomic E-state index is -0.403. The van der Waals surface area contributed by atoms with Crippen molar-refractivity contribution in [3.05, 3.63) is 35.4 Å². The predicted molar refractivity (Wildman–Crippen MR) is 70.5 cm³/mol. The second-order valence-electron chi connectivity index (χ2n) is 4.94. The van der Waals surface area contributed by atoms with Crippen LogP contribution in [0.5, 0.6) is 0 Å². The van der Waals surface area contributed by atoms with Crippen LogP contribution in [0.1, 0.15) is 31.4 Å². The van der Waals surface area contributed by atoms with Gasteiger partial charge in [-0.2, -0.15) is 0 Å². The molecular formula is C14H22N2O. The highest BCUT2D eigenvalue weighted by Gasteiger charge is 2.14. The lowest BCUT2D eigenvalue weighted by atomic mass is 10.0. The number of hydrogen-bond acceptors (Lipinski definition) is 2. The summed E-state index contributed by atoms with van der Waals surface area (Å²) in [5, 5.41) is 2.87. The lowest BCUT2D eigenvalue weighted by molar-refractivity contribution is -0.122. The summed E-state index contributed by atoms with van der Waals surface area (Å²) in [4.78, 5) is 11.7. The lowest BCUT2D eigenvalue weighted by Crippen LogP contribution is -2.41. The van der Waals surface area contributed by atoms with Gasteiger partial charge in [0.25, 0.3) is 0 Å². The van der Waals surface area contributed by atoms with Gasteiger partial charge in [0.2, 0.25) is 5.91 Å². The van der Waals surface area contributed by atoms with Crippen molar-refractivity contribution in [2.24, 2.45) is 11.7 Å². The Kier molecular flexibility index (Phi) is 5.16. The number of nitrogens with one attached hydrogen (secondary N) is 1. The summed E-state index contributed by atoms with van der Waals surface area (Å²) in [5.74, 6) is 0.370. The Bertz CT molecular complexity index is 374. The molecule has 0 aliphatic heterocycles. The normalized spacial score (nSPS) is 12.5. The average Bonchev–Trinajstić information content (AvgIpc) is 2.25. The summed E-state index contributed by atoms with van der Waals surface area (Å²) in [7, 11) is 0. The molecule has 0 radical (unpaired) electrons. The molecule has 3 N–H and O–H groups in total. The fourth-order valence-corrected chi connectivity index (χ4v) is 1.76. The SMILES string of the molecule is Cc1cccc(CNC(=O)[C@@H](N)CC(C)C)c1. The molecule has 3 nitrogen and oxygen atoms in total. The van der Waals surface area contributed by atoms with Crippen molar-refractivity contribution in [1.29, 1.82) is 0 Å². The first kappa shape index (κ1) is 13.7. The number of hydrogen-bond donors (Lipinski definition) is 2. The van der Waals surface area contributed by atoms with Crippen LogP contribution >= 0.6 is 0 Å². The Hall–Kier alpha value is -1.35. The smallest absolute Gasteiger partial charge is 0.237 e. The molecular weight excluding hydrogens is 212 g/mol. The van der Waals surface area contributed by atoms with E-state index in [9.17, 15) is 4.79 Å². The van der Waals surface area contributed by atoms with Crippen LogP contribution in [0.3, 0.4) is 0 Å². The van der Waals surface area contributed by atoms with Crippen molar-refractivity contribution in [2.75, 3.05) is 0 Å². The second-order valence-corrected chi connectivity index (χ2v) is 4.94. The van der Waals surface area contributed by atoms with Crippen molar-refractivity contribution < 1.29 is 4.79 Å². The Morgan fingerprint density at radius 1 is 1.41 bits per heavy atom. The highest BCUT2D eigenvalue weighted by molar-refractivity contribution is 5.81. The maximum Gasteiger partial charge on any atom is 0.237 e. The molecule has 1 aromatic rings. The van der Waals surface area contributed by atoms with E-state index in [-0.39, 0.29) is 5.91 Å². The highest BCUT2D eigenvalue weighted by Crippen LogP contribution is 2.05. The first-order valence-corrected chi connectivity index (χ1v) is 6.08. The van der Waals surface area contributed by atoms with E-state index in [2.05, 4.69) is 25.2 Å². The van der Waals surface area contributed by atoms with E-state index in [1.165, 1.54) is 5.56 Å². The van der Waals surface area contributed by atoms with Gasteiger partial charge in [0.05, 0.1) is 6.04 Å². The van der Waals surface area contributed by atoms with Crippen LogP contribution < -0.4 is 11.1 Å². The zero-order chi connectivity index (χ0) is 12.8. The van der Waals surface area contributed by atoms with Gasteiger partial charge < -0.3 is 11.1 Å². The molecule has 0 aromatic heterocycles. The van der Waals surface area contributed by atoms with Crippen LogP contribution in [0.25, 0.3) is 0 Å². The third-order valence-corrected chi connectivity index (χ3v) is 2.61. The van der Waals surface area contributed by atoms with E-state index in [4.69, 9.17) is 5.73 Å². The van der Waals surface area contributed by atoms with E-state index >= 15 is 0 Å². The highest BCUT2D eigenvalue weighted by atomic mass is 16.2. The standard InChI is InChI=1S/C14H22N2O/c1-10(2)7-13(15)14(17)16-9-12-6-4-5-11(3)8-12/h4-6,8,10,13H,7,9,15H2,1-3H3,(H,16,17)/t13-/m0/s1. The minimum Gasteiger partial charge on any atom is -0.351 e. The summed E-state index contributed by atoms with van der Waals surface area (Å²) in [5.41, 5.74) is 8.10. The van der Waals surface area contributed by atoms with Gasteiger partial charge in [-0.25, -0.2) is 0 Å². The first-order chi connectivity index (χ1) is 7.99. The lowest BCUT2D eigenvalue weighted by Gasteiger charge is -2.14. The molecule has 1 rings (SSSR count). The summed E-state index contributed by atoms with van der Waals surface area (Å²) < 4.78 is 0. The van der Waals surface area contributed by atoms with Crippen LogP contribution in [-0.4, -0.2) is 11.9 Å². The molecule has 3 heteroatoms. The minimum absolute atomic E-state index is 0.0693. The summed E-state index contributed by atoms with van der Waals surface area (Å²) >= 11 is 0. The molecule has 0 fully saturated rings. The monoisotopic (exact) mass is 234 g/mol. The molecule has 1 aromatic carbocycles. The molecule has 0 saturated carbocycles. The molecule has 1 atom stereocenters. The number of carbonyl (C=O) groups is 1. The van der Waals surface area contributed by atoms with E-state index in [1.807, 2.05) is 25.1 Å². The van der Waals surface area contributed by atoms with Gasteiger partial charge in [0.1, 0.15) is 0 Å². The van der Waals surface area contributed by atoms with Gasteiger partial charge in [-0.05, 0) is 24.8 Å². The van der Waals surface area contributed by atoms with Crippen molar-refractivity contribution >= 4 is 5.91 Å². The second kappa shape index (κ2) is 6.40. The van der Waals surface area contributed by atoms with Crippen molar-refractivity contribution in [2.45, 2.75) is 39.8 Å². The predicted octanol–water partition coefficient (Wildman–Crippen LogP) is 1.98. The quantitative estimate of drug-likeness (QED) is 0.818. The van der Waals surface area contributed by atoms with Gasteiger partial charge in [0.15, 0.2) is 0 Å². The largest absolute Gasteiger partial charge is 0.351 e.